The van der Waals surface area contributed by atoms with Gasteiger partial charge < -0.3 is 10.4 Å². The first-order valence-corrected chi connectivity index (χ1v) is 5.83. The third-order valence-electron chi connectivity index (χ3n) is 2.76. The van der Waals surface area contributed by atoms with Crippen LogP contribution in [-0.2, 0) is 6.42 Å². The SMILES string of the molecule is Oc1c(F)cc(CC2CCNC2)cc1Br. The van der Waals surface area contributed by atoms with E-state index in [9.17, 15) is 9.50 Å². The van der Waals surface area contributed by atoms with Gasteiger partial charge in [-0.2, -0.15) is 0 Å². The lowest BCUT2D eigenvalue weighted by molar-refractivity contribution is 0.427. The molecule has 1 aromatic rings. The topological polar surface area (TPSA) is 32.3 Å². The Hall–Kier alpha value is -0.610. The molecular weight excluding hydrogens is 261 g/mol. The summed E-state index contributed by atoms with van der Waals surface area (Å²) in [4.78, 5) is 0. The Kier molecular flexibility index (Phi) is 3.26. The Balaban J connectivity index is 2.14. The number of aromatic hydroxyl groups is 1. The molecule has 1 heterocycles. The third kappa shape index (κ3) is 2.49. The second kappa shape index (κ2) is 4.49. The van der Waals surface area contributed by atoms with Crippen LogP contribution in [-0.4, -0.2) is 18.2 Å². The first-order chi connectivity index (χ1) is 7.16. The number of benzene rings is 1. The predicted molar refractivity (Wildman–Crippen MR) is 60.4 cm³/mol. The molecular formula is C11H13BrFNO. The smallest absolute Gasteiger partial charge is 0.166 e. The van der Waals surface area contributed by atoms with Crippen molar-refractivity contribution in [3.05, 3.63) is 28.0 Å². The van der Waals surface area contributed by atoms with E-state index >= 15 is 0 Å². The fourth-order valence-electron chi connectivity index (χ4n) is 1.96. The summed E-state index contributed by atoms with van der Waals surface area (Å²) in [5.41, 5.74) is 0.936. The fraction of sp³-hybridized carbons (Fsp3) is 0.455. The van der Waals surface area contributed by atoms with Crippen molar-refractivity contribution in [3.63, 3.8) is 0 Å². The van der Waals surface area contributed by atoms with E-state index in [1.807, 2.05) is 0 Å². The van der Waals surface area contributed by atoms with Crippen molar-refractivity contribution < 1.29 is 9.50 Å². The summed E-state index contributed by atoms with van der Waals surface area (Å²) in [5.74, 6) is -0.269. The monoisotopic (exact) mass is 273 g/mol. The molecule has 0 amide bonds. The maximum atomic E-state index is 13.2. The highest BCUT2D eigenvalue weighted by Gasteiger charge is 2.16. The van der Waals surface area contributed by atoms with Crippen LogP contribution < -0.4 is 5.32 Å². The largest absolute Gasteiger partial charge is 0.504 e. The van der Waals surface area contributed by atoms with Crippen LogP contribution in [0.5, 0.6) is 5.75 Å². The molecule has 1 aliphatic heterocycles. The van der Waals surface area contributed by atoms with E-state index in [1.54, 1.807) is 6.07 Å². The van der Waals surface area contributed by atoms with Crippen molar-refractivity contribution in [2.24, 2.45) is 5.92 Å². The summed E-state index contributed by atoms with van der Waals surface area (Å²) in [6, 6.07) is 3.20. The van der Waals surface area contributed by atoms with Crippen LogP contribution in [0.4, 0.5) is 4.39 Å². The number of rotatable bonds is 2. The number of hydrogen-bond donors (Lipinski definition) is 2. The van der Waals surface area contributed by atoms with Crippen LogP contribution in [0.25, 0.3) is 0 Å². The van der Waals surface area contributed by atoms with Gasteiger partial charge >= 0.3 is 0 Å². The second-order valence-corrected chi connectivity index (χ2v) is 4.83. The number of halogens is 2. The predicted octanol–water partition coefficient (Wildman–Crippen LogP) is 2.45. The zero-order valence-electron chi connectivity index (χ0n) is 8.26. The molecule has 15 heavy (non-hydrogen) atoms. The quantitative estimate of drug-likeness (QED) is 0.868. The zero-order chi connectivity index (χ0) is 10.8. The lowest BCUT2D eigenvalue weighted by Crippen LogP contribution is -2.10. The van der Waals surface area contributed by atoms with Crippen molar-refractivity contribution in [1.82, 2.24) is 5.32 Å². The van der Waals surface area contributed by atoms with E-state index in [0.29, 0.717) is 10.4 Å². The van der Waals surface area contributed by atoms with Crippen molar-refractivity contribution in [2.75, 3.05) is 13.1 Å². The summed E-state index contributed by atoms with van der Waals surface area (Å²) in [5, 5.41) is 12.5. The molecule has 2 N–H and O–H groups in total. The highest BCUT2D eigenvalue weighted by Crippen LogP contribution is 2.29. The van der Waals surface area contributed by atoms with Gasteiger partial charge in [-0.1, -0.05) is 0 Å². The molecule has 2 nitrogen and oxygen atoms in total. The highest BCUT2D eigenvalue weighted by molar-refractivity contribution is 9.10. The van der Waals surface area contributed by atoms with Gasteiger partial charge in [-0.3, -0.25) is 0 Å². The van der Waals surface area contributed by atoms with Crippen LogP contribution in [0.2, 0.25) is 0 Å². The summed E-state index contributed by atoms with van der Waals surface area (Å²) in [6.45, 7) is 2.05. The van der Waals surface area contributed by atoms with E-state index in [2.05, 4.69) is 21.2 Å². The van der Waals surface area contributed by atoms with Gasteiger partial charge in [-0.15, -0.1) is 0 Å². The molecule has 1 saturated heterocycles. The summed E-state index contributed by atoms with van der Waals surface area (Å²) in [6.07, 6.45) is 2.00. The van der Waals surface area contributed by atoms with Crippen LogP contribution in [0.3, 0.4) is 0 Å². The van der Waals surface area contributed by atoms with Crippen molar-refractivity contribution in [2.45, 2.75) is 12.8 Å². The molecule has 1 aliphatic rings. The third-order valence-corrected chi connectivity index (χ3v) is 3.37. The van der Waals surface area contributed by atoms with Crippen LogP contribution >= 0.6 is 15.9 Å². The zero-order valence-corrected chi connectivity index (χ0v) is 9.85. The fourth-order valence-corrected chi connectivity index (χ4v) is 2.44. The second-order valence-electron chi connectivity index (χ2n) is 3.97. The van der Waals surface area contributed by atoms with Gasteiger partial charge in [-0.25, -0.2) is 4.39 Å². The normalized spacial score (nSPS) is 20.8. The minimum Gasteiger partial charge on any atom is -0.504 e. The lowest BCUT2D eigenvalue weighted by Gasteiger charge is -2.09. The Labute approximate surface area is 96.6 Å². The van der Waals surface area contributed by atoms with Gasteiger partial charge in [0.2, 0.25) is 0 Å². The number of nitrogens with one attached hydrogen (secondary N) is 1. The molecule has 1 fully saturated rings. The molecule has 0 aromatic heterocycles. The highest BCUT2D eigenvalue weighted by atomic mass is 79.9. The lowest BCUT2D eigenvalue weighted by atomic mass is 9.98. The van der Waals surface area contributed by atoms with Gasteiger partial charge in [-0.05, 0) is 65.5 Å². The van der Waals surface area contributed by atoms with Gasteiger partial charge in [0.25, 0.3) is 0 Å². The van der Waals surface area contributed by atoms with E-state index in [4.69, 9.17) is 0 Å². The summed E-state index contributed by atoms with van der Waals surface area (Å²) < 4.78 is 13.7. The standard InChI is InChI=1S/C11H13BrFNO/c12-9-4-8(5-10(13)11(9)15)3-7-1-2-14-6-7/h4-5,7,14-15H,1-3,6H2. The Bertz CT molecular complexity index is 341. The van der Waals surface area contributed by atoms with Crippen LogP contribution in [0.15, 0.2) is 16.6 Å². The number of phenols is 1. The Morgan fingerprint density at radius 2 is 2.33 bits per heavy atom. The number of phenolic OH excluding ortho intramolecular Hbond substituents is 1. The van der Waals surface area contributed by atoms with Crippen molar-refractivity contribution >= 4 is 15.9 Å². The van der Waals surface area contributed by atoms with Gasteiger partial charge in [0, 0.05) is 0 Å². The minimum atomic E-state index is -0.551. The van der Waals surface area contributed by atoms with Gasteiger partial charge in [0.15, 0.2) is 11.6 Å². The molecule has 0 saturated carbocycles. The molecule has 1 atom stereocenters. The van der Waals surface area contributed by atoms with Gasteiger partial charge in [0.05, 0.1) is 4.47 Å². The molecule has 4 heteroatoms. The Morgan fingerprint density at radius 3 is 2.93 bits per heavy atom. The van der Waals surface area contributed by atoms with Crippen molar-refractivity contribution in [3.8, 4) is 5.75 Å². The molecule has 0 spiro atoms. The number of hydrogen-bond acceptors (Lipinski definition) is 2. The molecule has 2 rings (SSSR count). The first-order valence-electron chi connectivity index (χ1n) is 5.04. The average Bonchev–Trinajstić information content (AvgIpc) is 2.66. The van der Waals surface area contributed by atoms with Crippen LogP contribution in [0, 0.1) is 11.7 Å². The molecule has 0 radical (unpaired) electrons. The van der Waals surface area contributed by atoms with E-state index < -0.39 is 5.82 Å². The summed E-state index contributed by atoms with van der Waals surface area (Å²) in [7, 11) is 0. The summed E-state index contributed by atoms with van der Waals surface area (Å²) >= 11 is 3.14. The average molecular weight is 274 g/mol. The molecule has 1 unspecified atom stereocenters. The van der Waals surface area contributed by atoms with E-state index in [-0.39, 0.29) is 5.75 Å². The van der Waals surface area contributed by atoms with E-state index in [0.717, 1.165) is 31.5 Å². The maximum Gasteiger partial charge on any atom is 0.166 e. The maximum absolute atomic E-state index is 13.2. The molecule has 1 aromatic carbocycles. The van der Waals surface area contributed by atoms with Crippen molar-refractivity contribution in [1.29, 1.82) is 0 Å². The van der Waals surface area contributed by atoms with Gasteiger partial charge in [0.1, 0.15) is 0 Å². The molecule has 82 valence electrons. The van der Waals surface area contributed by atoms with E-state index in [1.165, 1.54) is 6.07 Å². The van der Waals surface area contributed by atoms with Crippen LogP contribution in [0.1, 0.15) is 12.0 Å². The molecule has 0 bridgehead atoms. The first kappa shape index (κ1) is 10.9. The molecule has 0 aliphatic carbocycles. The minimum absolute atomic E-state index is 0.303. The Morgan fingerprint density at radius 1 is 1.53 bits per heavy atom.